The van der Waals surface area contributed by atoms with Gasteiger partial charge in [0, 0.05) is 24.5 Å². The second-order valence-electron chi connectivity index (χ2n) is 8.76. The van der Waals surface area contributed by atoms with Gasteiger partial charge in [0.05, 0.1) is 48.5 Å². The summed E-state index contributed by atoms with van der Waals surface area (Å²) in [6.07, 6.45) is 3.56. The number of nitrogen functional groups attached to an aromatic ring is 1. The first-order valence-electron chi connectivity index (χ1n) is 11.2. The summed E-state index contributed by atoms with van der Waals surface area (Å²) in [4.78, 5) is 20.3. The summed E-state index contributed by atoms with van der Waals surface area (Å²) in [6.45, 7) is 1.23. The Labute approximate surface area is 190 Å². The summed E-state index contributed by atoms with van der Waals surface area (Å²) in [5, 5.41) is 5.99. The van der Waals surface area contributed by atoms with Crippen molar-refractivity contribution in [3.8, 4) is 5.75 Å². The quantitative estimate of drug-likeness (QED) is 0.509. The number of aryl methyl sites for hydroxylation is 1. The summed E-state index contributed by atoms with van der Waals surface area (Å²) >= 11 is 0. The minimum absolute atomic E-state index is 0.00528. The largest absolute Gasteiger partial charge is 0.497 e. The van der Waals surface area contributed by atoms with Crippen LogP contribution in [0.5, 0.6) is 5.75 Å². The van der Waals surface area contributed by atoms with Gasteiger partial charge in [0.2, 0.25) is 0 Å². The molecule has 8 heteroatoms. The highest BCUT2D eigenvalue weighted by atomic mass is 16.5. The number of fused-ring (bicyclic) bond motifs is 6. The van der Waals surface area contributed by atoms with Gasteiger partial charge in [-0.2, -0.15) is 5.10 Å². The first kappa shape index (κ1) is 20.0. The molecule has 6 rings (SSSR count). The van der Waals surface area contributed by atoms with Crippen molar-refractivity contribution in [3.63, 3.8) is 0 Å². The molecule has 1 fully saturated rings. The molecule has 0 bridgehead atoms. The van der Waals surface area contributed by atoms with E-state index in [1.165, 1.54) is 0 Å². The fraction of sp³-hybridized carbons (Fsp3) is 0.320. The lowest BCUT2D eigenvalue weighted by Crippen LogP contribution is -2.48. The van der Waals surface area contributed by atoms with Crippen LogP contribution in [-0.4, -0.2) is 45.3 Å². The van der Waals surface area contributed by atoms with Gasteiger partial charge >= 0.3 is 0 Å². The van der Waals surface area contributed by atoms with Crippen LogP contribution >= 0.6 is 0 Å². The number of rotatable bonds is 2. The lowest BCUT2D eigenvalue weighted by Gasteiger charge is -2.44. The average molecular weight is 444 g/mol. The molecule has 2 aliphatic rings. The number of carbonyl (C=O) groups is 1. The van der Waals surface area contributed by atoms with Crippen molar-refractivity contribution in [2.75, 3.05) is 19.4 Å². The number of ether oxygens (including phenoxy) is 2. The Hall–Kier alpha value is -3.65. The zero-order valence-electron chi connectivity index (χ0n) is 18.6. The fourth-order valence-electron chi connectivity index (χ4n) is 5.31. The highest BCUT2D eigenvalue weighted by Gasteiger charge is 2.40. The molecule has 0 aliphatic carbocycles. The highest BCUT2D eigenvalue weighted by Crippen LogP contribution is 2.41. The minimum Gasteiger partial charge on any atom is -0.497 e. The number of nitrogens with zero attached hydrogens (tertiary/aromatic N) is 4. The van der Waals surface area contributed by atoms with Crippen molar-refractivity contribution in [3.05, 3.63) is 59.3 Å². The molecular weight excluding hydrogens is 418 g/mol. The Morgan fingerprint density at radius 3 is 2.94 bits per heavy atom. The maximum absolute atomic E-state index is 13.8. The van der Waals surface area contributed by atoms with Gasteiger partial charge in [-0.05, 0) is 54.3 Å². The summed E-state index contributed by atoms with van der Waals surface area (Å²) < 4.78 is 13.4. The average Bonchev–Trinajstić information content (AvgIpc) is 3.25. The molecular formula is C25H25N5O3. The number of anilines is 1. The van der Waals surface area contributed by atoms with E-state index in [0.29, 0.717) is 24.5 Å². The van der Waals surface area contributed by atoms with Crippen LogP contribution in [0.25, 0.3) is 21.8 Å². The van der Waals surface area contributed by atoms with E-state index in [2.05, 4.69) is 16.1 Å². The molecule has 1 saturated heterocycles. The monoisotopic (exact) mass is 443 g/mol. The van der Waals surface area contributed by atoms with Gasteiger partial charge in [0.25, 0.3) is 5.91 Å². The van der Waals surface area contributed by atoms with Gasteiger partial charge in [-0.3, -0.25) is 9.48 Å². The van der Waals surface area contributed by atoms with Crippen molar-refractivity contribution >= 4 is 33.5 Å². The van der Waals surface area contributed by atoms with E-state index in [1.807, 2.05) is 42.3 Å². The van der Waals surface area contributed by atoms with Crippen LogP contribution in [0.3, 0.4) is 0 Å². The van der Waals surface area contributed by atoms with E-state index >= 15 is 0 Å². The summed E-state index contributed by atoms with van der Waals surface area (Å²) in [7, 11) is 3.53. The third-order valence-electron chi connectivity index (χ3n) is 6.91. The first-order valence-corrected chi connectivity index (χ1v) is 11.2. The third-order valence-corrected chi connectivity index (χ3v) is 6.91. The van der Waals surface area contributed by atoms with E-state index in [-0.39, 0.29) is 18.1 Å². The summed E-state index contributed by atoms with van der Waals surface area (Å²) in [5.74, 6) is 1.23. The van der Waals surface area contributed by atoms with E-state index in [1.54, 1.807) is 18.0 Å². The molecule has 168 valence electrons. The summed E-state index contributed by atoms with van der Waals surface area (Å²) in [5.41, 5.74) is 10.6. The number of pyridine rings is 1. The first-order chi connectivity index (χ1) is 16.0. The number of nitrogens with two attached hydrogens (primary N) is 1. The van der Waals surface area contributed by atoms with Crippen molar-refractivity contribution in [1.29, 1.82) is 0 Å². The van der Waals surface area contributed by atoms with Crippen LogP contribution in [0.1, 0.15) is 40.4 Å². The van der Waals surface area contributed by atoms with Crippen molar-refractivity contribution < 1.29 is 14.3 Å². The molecule has 2 N–H and O–H groups in total. The SMILES string of the molecule is COc1ccc2c(c1)CO[C@H]1CCCN(C(=O)c3ccc4nc(N)c5cnn(C)c5c4c3)[C@@H]21. The van der Waals surface area contributed by atoms with E-state index in [4.69, 9.17) is 15.2 Å². The van der Waals surface area contributed by atoms with Crippen LogP contribution in [0, 0.1) is 0 Å². The normalized spacial score (nSPS) is 20.0. The van der Waals surface area contributed by atoms with Gasteiger partial charge in [-0.1, -0.05) is 6.07 Å². The summed E-state index contributed by atoms with van der Waals surface area (Å²) in [6, 6.07) is 11.5. The van der Waals surface area contributed by atoms with Crippen molar-refractivity contribution in [1.82, 2.24) is 19.7 Å². The fourth-order valence-corrected chi connectivity index (χ4v) is 5.31. The second-order valence-corrected chi connectivity index (χ2v) is 8.76. The molecule has 4 heterocycles. The predicted molar refractivity (Wildman–Crippen MR) is 125 cm³/mol. The number of hydrogen-bond acceptors (Lipinski definition) is 6. The molecule has 4 aromatic rings. The standard InChI is InChI=1S/C25H25N5O3/c1-29-22-18-11-14(5-8-20(18)28-24(26)19(22)12-27-29)25(31)30-9-3-4-21-23(30)17-7-6-16(32-2)10-15(17)13-33-21/h5-8,10-12,21,23H,3-4,9,13H2,1-2H3,(H2,26,28)/t21-,23-/m0/s1. The lowest BCUT2D eigenvalue weighted by atomic mass is 9.87. The smallest absolute Gasteiger partial charge is 0.254 e. The molecule has 2 aromatic carbocycles. The topological polar surface area (TPSA) is 95.5 Å². The molecule has 0 unspecified atom stereocenters. The van der Waals surface area contributed by atoms with Crippen LogP contribution < -0.4 is 10.5 Å². The number of piperidine rings is 1. The predicted octanol–water partition coefficient (Wildman–Crippen LogP) is 3.59. The zero-order chi connectivity index (χ0) is 22.7. The van der Waals surface area contributed by atoms with Crippen molar-refractivity contribution in [2.45, 2.75) is 31.6 Å². The Bertz CT molecular complexity index is 1410. The number of benzene rings is 2. The minimum atomic E-state index is -0.113. The third kappa shape index (κ3) is 3.05. The van der Waals surface area contributed by atoms with E-state index in [9.17, 15) is 4.79 Å². The molecule has 2 aliphatic heterocycles. The molecule has 2 aromatic heterocycles. The van der Waals surface area contributed by atoms with Gasteiger partial charge in [-0.25, -0.2) is 4.98 Å². The van der Waals surface area contributed by atoms with Crippen molar-refractivity contribution in [2.24, 2.45) is 7.05 Å². The van der Waals surface area contributed by atoms with Gasteiger partial charge in [-0.15, -0.1) is 0 Å². The van der Waals surface area contributed by atoms with Gasteiger partial charge in [0.15, 0.2) is 0 Å². The van der Waals surface area contributed by atoms with Gasteiger partial charge in [0.1, 0.15) is 11.6 Å². The number of likely N-dealkylation sites (tertiary alicyclic amines) is 1. The van der Waals surface area contributed by atoms with Crippen LogP contribution in [0.4, 0.5) is 5.82 Å². The highest BCUT2D eigenvalue weighted by molar-refractivity contribution is 6.10. The van der Waals surface area contributed by atoms with E-state index in [0.717, 1.165) is 51.5 Å². The molecule has 0 spiro atoms. The van der Waals surface area contributed by atoms with Gasteiger partial charge < -0.3 is 20.1 Å². The molecule has 1 amide bonds. The molecule has 33 heavy (non-hydrogen) atoms. The maximum atomic E-state index is 13.8. The Morgan fingerprint density at radius 2 is 2.09 bits per heavy atom. The molecule has 2 atom stereocenters. The van der Waals surface area contributed by atoms with Crippen LogP contribution in [0.2, 0.25) is 0 Å². The van der Waals surface area contributed by atoms with Crippen LogP contribution in [0.15, 0.2) is 42.6 Å². The number of methoxy groups -OCH3 is 1. The second kappa shape index (κ2) is 7.45. The van der Waals surface area contributed by atoms with E-state index < -0.39 is 0 Å². The maximum Gasteiger partial charge on any atom is 0.254 e. The Balaban J connectivity index is 1.44. The zero-order valence-corrected chi connectivity index (χ0v) is 18.6. The molecule has 0 radical (unpaired) electrons. The Morgan fingerprint density at radius 1 is 1.21 bits per heavy atom. The number of carbonyl (C=O) groups excluding carboxylic acids is 1. The Kier molecular flexibility index (Phi) is 4.51. The number of aromatic nitrogens is 3. The van der Waals surface area contributed by atoms with Crippen LogP contribution in [-0.2, 0) is 18.4 Å². The molecule has 0 saturated carbocycles. The lowest BCUT2D eigenvalue weighted by molar-refractivity contribution is -0.0571. The number of amides is 1. The number of hydrogen-bond donors (Lipinski definition) is 1. The molecule has 8 nitrogen and oxygen atoms in total.